The standard InChI is InChI=1S/C15H18N2O4/c18-14-6-3-11-8-16(9-13(11)14)15(19)7-10-1-4-12(5-2-10)17(20)21/h1-2,4-5,11,13-14,18H,3,6-9H2. The van der Waals surface area contributed by atoms with Crippen LogP contribution in [0.4, 0.5) is 5.69 Å². The first kappa shape index (κ1) is 14.0. The van der Waals surface area contributed by atoms with E-state index in [0.29, 0.717) is 12.5 Å². The third-order valence-electron chi connectivity index (χ3n) is 4.67. The van der Waals surface area contributed by atoms with Crippen LogP contribution in [-0.4, -0.2) is 40.0 Å². The van der Waals surface area contributed by atoms with Crippen molar-refractivity contribution in [1.29, 1.82) is 0 Å². The van der Waals surface area contributed by atoms with E-state index in [2.05, 4.69) is 0 Å². The van der Waals surface area contributed by atoms with E-state index in [-0.39, 0.29) is 30.0 Å². The van der Waals surface area contributed by atoms with Crippen LogP contribution in [0.5, 0.6) is 0 Å². The Morgan fingerprint density at radius 1 is 1.29 bits per heavy atom. The molecular weight excluding hydrogens is 272 g/mol. The summed E-state index contributed by atoms with van der Waals surface area (Å²) in [6.07, 6.45) is 1.83. The van der Waals surface area contributed by atoms with E-state index in [9.17, 15) is 20.0 Å². The molecule has 3 rings (SSSR count). The van der Waals surface area contributed by atoms with Gasteiger partial charge in [0.15, 0.2) is 0 Å². The van der Waals surface area contributed by atoms with Crippen LogP contribution in [-0.2, 0) is 11.2 Å². The van der Waals surface area contributed by atoms with Crippen LogP contribution in [0.1, 0.15) is 18.4 Å². The summed E-state index contributed by atoms with van der Waals surface area (Å²) < 4.78 is 0. The minimum atomic E-state index is -0.450. The highest BCUT2D eigenvalue weighted by Crippen LogP contribution is 2.38. The number of likely N-dealkylation sites (tertiary alicyclic amines) is 1. The molecule has 1 saturated carbocycles. The van der Waals surface area contributed by atoms with E-state index < -0.39 is 4.92 Å². The largest absolute Gasteiger partial charge is 0.393 e. The second-order valence-electron chi connectivity index (χ2n) is 5.97. The molecule has 3 atom stereocenters. The lowest BCUT2D eigenvalue weighted by Crippen LogP contribution is -2.32. The van der Waals surface area contributed by atoms with E-state index in [1.54, 1.807) is 12.1 Å². The zero-order valence-corrected chi connectivity index (χ0v) is 11.6. The number of hydrogen-bond acceptors (Lipinski definition) is 4. The number of fused-ring (bicyclic) bond motifs is 1. The Hall–Kier alpha value is -1.95. The fraction of sp³-hybridized carbons (Fsp3) is 0.533. The summed E-state index contributed by atoms with van der Waals surface area (Å²) >= 11 is 0. The lowest BCUT2D eigenvalue weighted by atomic mass is 10.00. The predicted molar refractivity (Wildman–Crippen MR) is 75.6 cm³/mol. The number of carbonyl (C=O) groups excluding carboxylic acids is 1. The summed E-state index contributed by atoms with van der Waals surface area (Å²) in [4.78, 5) is 24.2. The second kappa shape index (κ2) is 5.44. The topological polar surface area (TPSA) is 83.7 Å². The van der Waals surface area contributed by atoms with Crippen molar-refractivity contribution in [3.8, 4) is 0 Å². The molecule has 0 radical (unpaired) electrons. The fourth-order valence-electron chi connectivity index (χ4n) is 3.46. The Labute approximate surface area is 122 Å². The molecule has 1 aliphatic heterocycles. The third kappa shape index (κ3) is 2.76. The Balaban J connectivity index is 1.61. The van der Waals surface area contributed by atoms with Crippen LogP contribution >= 0.6 is 0 Å². The number of non-ortho nitro benzene ring substituents is 1. The van der Waals surface area contributed by atoms with E-state index >= 15 is 0 Å². The molecule has 1 heterocycles. The van der Waals surface area contributed by atoms with Gasteiger partial charge in [0, 0.05) is 31.1 Å². The quantitative estimate of drug-likeness (QED) is 0.673. The van der Waals surface area contributed by atoms with Crippen molar-refractivity contribution >= 4 is 11.6 Å². The van der Waals surface area contributed by atoms with Crippen molar-refractivity contribution < 1.29 is 14.8 Å². The molecule has 0 aromatic heterocycles. The highest BCUT2D eigenvalue weighted by molar-refractivity contribution is 5.79. The van der Waals surface area contributed by atoms with Crippen molar-refractivity contribution in [3.05, 3.63) is 39.9 Å². The maximum absolute atomic E-state index is 12.3. The Kier molecular flexibility index (Phi) is 3.63. The molecule has 21 heavy (non-hydrogen) atoms. The van der Waals surface area contributed by atoms with E-state index in [1.807, 2.05) is 4.90 Å². The molecule has 0 bridgehead atoms. The van der Waals surface area contributed by atoms with Gasteiger partial charge < -0.3 is 10.0 Å². The zero-order chi connectivity index (χ0) is 15.0. The van der Waals surface area contributed by atoms with Gasteiger partial charge in [-0.25, -0.2) is 0 Å². The van der Waals surface area contributed by atoms with Crippen LogP contribution in [0, 0.1) is 22.0 Å². The normalized spacial score (nSPS) is 27.7. The van der Waals surface area contributed by atoms with Gasteiger partial charge in [-0.3, -0.25) is 14.9 Å². The van der Waals surface area contributed by atoms with Gasteiger partial charge in [-0.05, 0) is 24.3 Å². The molecule has 0 spiro atoms. The number of nitrogens with zero attached hydrogens (tertiary/aromatic N) is 2. The molecule has 1 saturated heterocycles. The third-order valence-corrected chi connectivity index (χ3v) is 4.67. The first-order valence-electron chi connectivity index (χ1n) is 7.24. The van der Waals surface area contributed by atoms with Crippen molar-refractivity contribution in [2.45, 2.75) is 25.4 Å². The Morgan fingerprint density at radius 2 is 2.00 bits per heavy atom. The van der Waals surface area contributed by atoms with E-state index in [4.69, 9.17) is 0 Å². The highest BCUT2D eigenvalue weighted by atomic mass is 16.6. The van der Waals surface area contributed by atoms with Gasteiger partial charge in [-0.15, -0.1) is 0 Å². The lowest BCUT2D eigenvalue weighted by molar-refractivity contribution is -0.384. The summed E-state index contributed by atoms with van der Waals surface area (Å²) in [6, 6.07) is 6.10. The monoisotopic (exact) mass is 290 g/mol. The summed E-state index contributed by atoms with van der Waals surface area (Å²) in [5, 5.41) is 20.5. The van der Waals surface area contributed by atoms with Gasteiger partial charge in [0.05, 0.1) is 17.4 Å². The van der Waals surface area contributed by atoms with Gasteiger partial charge >= 0.3 is 0 Å². The molecule has 1 aromatic carbocycles. The first-order chi connectivity index (χ1) is 10.0. The van der Waals surface area contributed by atoms with Crippen molar-refractivity contribution in [2.24, 2.45) is 11.8 Å². The average molecular weight is 290 g/mol. The van der Waals surface area contributed by atoms with Gasteiger partial charge in [-0.1, -0.05) is 12.1 Å². The molecule has 1 aliphatic carbocycles. The fourth-order valence-corrected chi connectivity index (χ4v) is 3.46. The molecule has 6 nitrogen and oxygen atoms in total. The van der Waals surface area contributed by atoms with Gasteiger partial charge in [-0.2, -0.15) is 0 Å². The number of amides is 1. The van der Waals surface area contributed by atoms with Crippen molar-refractivity contribution in [3.63, 3.8) is 0 Å². The molecule has 112 valence electrons. The number of hydrogen-bond donors (Lipinski definition) is 1. The van der Waals surface area contributed by atoms with Crippen LogP contribution in [0.2, 0.25) is 0 Å². The summed E-state index contributed by atoms with van der Waals surface area (Å²) in [5.41, 5.74) is 0.813. The zero-order valence-electron chi connectivity index (χ0n) is 11.6. The smallest absolute Gasteiger partial charge is 0.269 e. The second-order valence-corrected chi connectivity index (χ2v) is 5.97. The average Bonchev–Trinajstić information content (AvgIpc) is 3.02. The molecule has 6 heteroatoms. The number of rotatable bonds is 3. The molecule has 2 fully saturated rings. The number of carbonyl (C=O) groups is 1. The van der Waals surface area contributed by atoms with Crippen molar-refractivity contribution in [2.75, 3.05) is 13.1 Å². The van der Waals surface area contributed by atoms with Gasteiger partial charge in [0.1, 0.15) is 0 Å². The van der Waals surface area contributed by atoms with Crippen molar-refractivity contribution in [1.82, 2.24) is 4.90 Å². The van der Waals surface area contributed by atoms with Crippen LogP contribution in [0.3, 0.4) is 0 Å². The maximum Gasteiger partial charge on any atom is 0.269 e. The highest BCUT2D eigenvalue weighted by Gasteiger charge is 2.43. The van der Waals surface area contributed by atoms with Crippen LogP contribution in [0.15, 0.2) is 24.3 Å². The molecule has 1 amide bonds. The number of aliphatic hydroxyl groups is 1. The number of aliphatic hydroxyl groups excluding tert-OH is 1. The Bertz CT molecular complexity index is 557. The number of benzene rings is 1. The predicted octanol–water partition coefficient (Wildman–Crippen LogP) is 1.37. The Morgan fingerprint density at radius 3 is 2.62 bits per heavy atom. The van der Waals surface area contributed by atoms with Crippen LogP contribution < -0.4 is 0 Å². The maximum atomic E-state index is 12.3. The first-order valence-corrected chi connectivity index (χ1v) is 7.24. The molecule has 3 unspecified atom stereocenters. The van der Waals surface area contributed by atoms with E-state index in [1.165, 1.54) is 12.1 Å². The number of nitro groups is 1. The summed E-state index contributed by atoms with van der Waals surface area (Å²) in [5.74, 6) is 0.692. The molecule has 2 aliphatic rings. The summed E-state index contributed by atoms with van der Waals surface area (Å²) in [7, 11) is 0. The lowest BCUT2D eigenvalue weighted by Gasteiger charge is -2.18. The van der Waals surface area contributed by atoms with Gasteiger partial charge in [0.25, 0.3) is 5.69 Å². The summed E-state index contributed by atoms with van der Waals surface area (Å²) in [6.45, 7) is 1.37. The van der Waals surface area contributed by atoms with Gasteiger partial charge in [0.2, 0.25) is 5.91 Å². The van der Waals surface area contributed by atoms with E-state index in [0.717, 1.165) is 24.9 Å². The minimum absolute atomic E-state index is 0.0324. The molecule has 1 N–H and O–H groups in total. The SMILES string of the molecule is O=C(Cc1ccc([N+](=O)[O-])cc1)N1CC2CCC(O)C2C1. The number of nitro benzene ring substituents is 1. The molecular formula is C15H18N2O4. The minimum Gasteiger partial charge on any atom is -0.393 e. The molecule has 1 aromatic rings. The van der Waals surface area contributed by atoms with Crippen LogP contribution in [0.25, 0.3) is 0 Å².